The van der Waals surface area contributed by atoms with Crippen molar-refractivity contribution in [2.75, 3.05) is 26.7 Å². The van der Waals surface area contributed by atoms with Crippen molar-refractivity contribution in [1.82, 2.24) is 9.88 Å². The summed E-state index contributed by atoms with van der Waals surface area (Å²) in [5.41, 5.74) is 7.16. The van der Waals surface area contributed by atoms with Gasteiger partial charge in [0.15, 0.2) is 0 Å². The number of hydrogen-bond acceptors (Lipinski definition) is 4. The predicted molar refractivity (Wildman–Crippen MR) is 72.3 cm³/mol. The SMILES string of the molecule is COC1(C)CCCN(C(CN)c2ccncc2)C1. The van der Waals surface area contributed by atoms with Crippen LogP contribution in [-0.2, 0) is 4.74 Å². The third-order valence-corrected chi connectivity index (χ3v) is 3.94. The number of ether oxygens (including phenoxy) is 1. The Labute approximate surface area is 109 Å². The molecule has 1 saturated heterocycles. The molecule has 1 aliphatic heterocycles. The molecule has 2 rings (SSSR count). The highest BCUT2D eigenvalue weighted by molar-refractivity contribution is 5.16. The zero-order valence-electron chi connectivity index (χ0n) is 11.3. The Morgan fingerprint density at radius 2 is 2.22 bits per heavy atom. The van der Waals surface area contributed by atoms with Crippen molar-refractivity contribution in [1.29, 1.82) is 0 Å². The fraction of sp³-hybridized carbons (Fsp3) is 0.643. The van der Waals surface area contributed by atoms with Crippen LogP contribution < -0.4 is 5.73 Å². The van der Waals surface area contributed by atoms with Crippen LogP contribution in [0.15, 0.2) is 24.5 Å². The lowest BCUT2D eigenvalue weighted by Gasteiger charge is -2.43. The molecule has 2 N–H and O–H groups in total. The van der Waals surface area contributed by atoms with Gasteiger partial charge in [0, 0.05) is 38.6 Å². The van der Waals surface area contributed by atoms with Crippen LogP contribution in [0.1, 0.15) is 31.4 Å². The average molecular weight is 249 g/mol. The summed E-state index contributed by atoms with van der Waals surface area (Å²) in [5.74, 6) is 0. The predicted octanol–water partition coefficient (Wildman–Crippen LogP) is 1.58. The summed E-state index contributed by atoms with van der Waals surface area (Å²) in [7, 11) is 1.80. The molecule has 0 spiro atoms. The highest BCUT2D eigenvalue weighted by atomic mass is 16.5. The van der Waals surface area contributed by atoms with Gasteiger partial charge >= 0.3 is 0 Å². The second-order valence-corrected chi connectivity index (χ2v) is 5.26. The largest absolute Gasteiger partial charge is 0.377 e. The van der Waals surface area contributed by atoms with E-state index in [2.05, 4.69) is 28.9 Å². The van der Waals surface area contributed by atoms with Gasteiger partial charge in [-0.3, -0.25) is 9.88 Å². The van der Waals surface area contributed by atoms with E-state index in [0.29, 0.717) is 6.54 Å². The first-order chi connectivity index (χ1) is 8.68. The fourth-order valence-electron chi connectivity index (χ4n) is 2.76. The van der Waals surface area contributed by atoms with Gasteiger partial charge in [0.2, 0.25) is 0 Å². The van der Waals surface area contributed by atoms with E-state index in [4.69, 9.17) is 10.5 Å². The first-order valence-corrected chi connectivity index (χ1v) is 6.58. The topological polar surface area (TPSA) is 51.4 Å². The van der Waals surface area contributed by atoms with Crippen LogP contribution in [0.5, 0.6) is 0 Å². The van der Waals surface area contributed by atoms with Gasteiger partial charge in [-0.25, -0.2) is 0 Å². The molecule has 2 atom stereocenters. The van der Waals surface area contributed by atoms with Gasteiger partial charge in [0.1, 0.15) is 0 Å². The van der Waals surface area contributed by atoms with Crippen LogP contribution >= 0.6 is 0 Å². The van der Waals surface area contributed by atoms with Crippen molar-refractivity contribution in [3.63, 3.8) is 0 Å². The molecule has 0 aliphatic carbocycles. The van der Waals surface area contributed by atoms with E-state index in [1.807, 2.05) is 12.4 Å². The molecule has 1 aliphatic rings. The van der Waals surface area contributed by atoms with E-state index in [-0.39, 0.29) is 11.6 Å². The number of rotatable bonds is 4. The van der Waals surface area contributed by atoms with Gasteiger partial charge in [0.25, 0.3) is 0 Å². The summed E-state index contributed by atoms with van der Waals surface area (Å²) in [6.45, 7) is 4.83. The number of methoxy groups -OCH3 is 1. The second kappa shape index (κ2) is 5.78. The van der Waals surface area contributed by atoms with Gasteiger partial charge in [-0.05, 0) is 44.0 Å². The zero-order chi connectivity index (χ0) is 13.0. The molecular weight excluding hydrogens is 226 g/mol. The molecule has 1 aromatic rings. The molecule has 0 saturated carbocycles. The quantitative estimate of drug-likeness (QED) is 0.880. The summed E-state index contributed by atoms with van der Waals surface area (Å²) in [6.07, 6.45) is 5.94. The maximum Gasteiger partial charge on any atom is 0.0777 e. The minimum atomic E-state index is -0.0430. The Morgan fingerprint density at radius 1 is 1.50 bits per heavy atom. The standard InChI is InChI=1S/C14H23N3O/c1-14(18-2)6-3-9-17(11-14)13(10-15)12-4-7-16-8-5-12/h4-5,7-8,13H,3,6,9-11,15H2,1-2H3. The van der Waals surface area contributed by atoms with E-state index < -0.39 is 0 Å². The number of nitrogens with zero attached hydrogens (tertiary/aromatic N) is 2. The van der Waals surface area contributed by atoms with E-state index in [1.165, 1.54) is 5.56 Å². The molecule has 4 heteroatoms. The molecular formula is C14H23N3O. The number of hydrogen-bond donors (Lipinski definition) is 1. The molecule has 1 aromatic heterocycles. The summed E-state index contributed by atoms with van der Waals surface area (Å²) >= 11 is 0. The third-order valence-electron chi connectivity index (χ3n) is 3.94. The van der Waals surface area contributed by atoms with Gasteiger partial charge < -0.3 is 10.5 Å². The number of nitrogens with two attached hydrogens (primary N) is 1. The summed E-state index contributed by atoms with van der Waals surface area (Å²) in [5, 5.41) is 0. The molecule has 0 radical (unpaired) electrons. The Hall–Kier alpha value is -0.970. The Bertz CT molecular complexity index is 371. The maximum absolute atomic E-state index is 5.96. The second-order valence-electron chi connectivity index (χ2n) is 5.26. The van der Waals surface area contributed by atoms with E-state index >= 15 is 0 Å². The summed E-state index contributed by atoms with van der Waals surface area (Å²) in [6, 6.07) is 4.37. The van der Waals surface area contributed by atoms with E-state index in [9.17, 15) is 0 Å². The van der Waals surface area contributed by atoms with Crippen LogP contribution in [-0.4, -0.2) is 42.2 Å². The minimum Gasteiger partial charge on any atom is -0.377 e. The van der Waals surface area contributed by atoms with Crippen LogP contribution in [0.25, 0.3) is 0 Å². The van der Waals surface area contributed by atoms with E-state index in [1.54, 1.807) is 7.11 Å². The number of likely N-dealkylation sites (tertiary alicyclic amines) is 1. The lowest BCUT2D eigenvalue weighted by atomic mass is 9.92. The van der Waals surface area contributed by atoms with Crippen LogP contribution in [0, 0.1) is 0 Å². The van der Waals surface area contributed by atoms with Crippen LogP contribution in [0.4, 0.5) is 0 Å². The highest BCUT2D eigenvalue weighted by Gasteiger charge is 2.33. The Kier molecular flexibility index (Phi) is 4.32. The minimum absolute atomic E-state index is 0.0430. The summed E-state index contributed by atoms with van der Waals surface area (Å²) < 4.78 is 5.64. The van der Waals surface area contributed by atoms with Crippen LogP contribution in [0.2, 0.25) is 0 Å². The third kappa shape index (κ3) is 2.88. The Morgan fingerprint density at radius 3 is 2.83 bits per heavy atom. The maximum atomic E-state index is 5.96. The molecule has 4 nitrogen and oxygen atoms in total. The van der Waals surface area contributed by atoms with Crippen LogP contribution in [0.3, 0.4) is 0 Å². The zero-order valence-corrected chi connectivity index (χ0v) is 11.3. The van der Waals surface area contributed by atoms with Gasteiger partial charge in [0.05, 0.1) is 5.60 Å². The molecule has 2 unspecified atom stereocenters. The lowest BCUT2D eigenvalue weighted by molar-refractivity contribution is -0.0608. The number of piperidine rings is 1. The van der Waals surface area contributed by atoms with Gasteiger partial charge in [-0.2, -0.15) is 0 Å². The summed E-state index contributed by atoms with van der Waals surface area (Å²) in [4.78, 5) is 6.50. The first-order valence-electron chi connectivity index (χ1n) is 6.58. The number of pyridine rings is 1. The van der Waals surface area contributed by atoms with Crippen molar-refractivity contribution < 1.29 is 4.74 Å². The van der Waals surface area contributed by atoms with Gasteiger partial charge in [-0.1, -0.05) is 0 Å². The molecule has 1 fully saturated rings. The molecule has 2 heterocycles. The molecule has 0 amide bonds. The highest BCUT2D eigenvalue weighted by Crippen LogP contribution is 2.29. The van der Waals surface area contributed by atoms with E-state index in [0.717, 1.165) is 25.9 Å². The van der Waals surface area contributed by atoms with Crippen molar-refractivity contribution in [3.8, 4) is 0 Å². The smallest absolute Gasteiger partial charge is 0.0777 e. The van der Waals surface area contributed by atoms with Gasteiger partial charge in [-0.15, -0.1) is 0 Å². The average Bonchev–Trinajstić information content (AvgIpc) is 2.41. The molecule has 100 valence electrons. The van der Waals surface area contributed by atoms with Crippen molar-refractivity contribution in [3.05, 3.63) is 30.1 Å². The van der Waals surface area contributed by atoms with Crippen molar-refractivity contribution >= 4 is 0 Å². The number of aromatic nitrogens is 1. The molecule has 0 bridgehead atoms. The first kappa shape index (κ1) is 13.5. The molecule has 0 aromatic carbocycles. The monoisotopic (exact) mass is 249 g/mol. The lowest BCUT2D eigenvalue weighted by Crippen LogP contribution is -2.49. The van der Waals surface area contributed by atoms with Crippen molar-refractivity contribution in [2.45, 2.75) is 31.4 Å². The Balaban J connectivity index is 2.13. The normalized spacial score (nSPS) is 27.1. The van der Waals surface area contributed by atoms with Crippen molar-refractivity contribution in [2.24, 2.45) is 5.73 Å². The molecule has 18 heavy (non-hydrogen) atoms. The fourth-order valence-corrected chi connectivity index (χ4v) is 2.76.